The summed E-state index contributed by atoms with van der Waals surface area (Å²) in [7, 11) is 1.75. The maximum absolute atomic E-state index is 12.0. The van der Waals surface area contributed by atoms with Crippen molar-refractivity contribution >= 4 is 41.5 Å². The average molecular weight is 445 g/mol. The first-order valence-electron chi connectivity index (χ1n) is 7.94. The Kier molecular flexibility index (Phi) is 6.79. The van der Waals surface area contributed by atoms with E-state index >= 15 is 0 Å². The predicted molar refractivity (Wildman–Crippen MR) is 104 cm³/mol. The molecule has 2 aliphatic rings. The van der Waals surface area contributed by atoms with Crippen LogP contribution in [-0.2, 0) is 9.53 Å². The van der Waals surface area contributed by atoms with E-state index in [4.69, 9.17) is 4.74 Å². The van der Waals surface area contributed by atoms with Gasteiger partial charge in [0.25, 0.3) is 0 Å². The number of ether oxygens (including phenoxy) is 1. The molecule has 0 bridgehead atoms. The van der Waals surface area contributed by atoms with Crippen LogP contribution in [-0.4, -0.2) is 61.6 Å². The molecule has 1 aromatic heterocycles. The van der Waals surface area contributed by atoms with Crippen molar-refractivity contribution in [1.82, 2.24) is 15.2 Å². The predicted octanol–water partition coefficient (Wildman–Crippen LogP) is 1.33. The molecular formula is C16H24IN5O2. The Balaban J connectivity index is 0.00000208. The molecular weight excluding hydrogens is 421 g/mol. The highest BCUT2D eigenvalue weighted by atomic mass is 127. The van der Waals surface area contributed by atoms with E-state index in [0.717, 1.165) is 45.1 Å². The third-order valence-corrected chi connectivity index (χ3v) is 4.49. The minimum Gasteiger partial charge on any atom is -0.381 e. The first-order valence-corrected chi connectivity index (χ1v) is 7.94. The topological polar surface area (TPSA) is 78.8 Å². The number of hydrogen-bond donors (Lipinski definition) is 2. The Bertz CT molecular complexity index is 575. The quantitative estimate of drug-likeness (QED) is 0.417. The van der Waals surface area contributed by atoms with E-state index in [9.17, 15) is 4.79 Å². The number of pyridine rings is 1. The molecule has 1 spiro atoms. The van der Waals surface area contributed by atoms with E-state index < -0.39 is 0 Å². The molecule has 132 valence electrons. The van der Waals surface area contributed by atoms with E-state index in [1.807, 2.05) is 6.07 Å². The van der Waals surface area contributed by atoms with Crippen molar-refractivity contribution in [2.75, 3.05) is 45.2 Å². The number of guanidine groups is 1. The summed E-state index contributed by atoms with van der Waals surface area (Å²) in [5.41, 5.74) is 0.966. The van der Waals surface area contributed by atoms with Crippen LogP contribution in [0.1, 0.15) is 12.8 Å². The van der Waals surface area contributed by atoms with Gasteiger partial charge in [0.15, 0.2) is 5.96 Å². The Labute approximate surface area is 159 Å². The largest absolute Gasteiger partial charge is 0.381 e. The molecule has 0 aliphatic carbocycles. The molecule has 24 heavy (non-hydrogen) atoms. The summed E-state index contributed by atoms with van der Waals surface area (Å²) in [6.07, 6.45) is 5.53. The van der Waals surface area contributed by atoms with E-state index in [1.165, 1.54) is 0 Å². The number of anilines is 1. The van der Waals surface area contributed by atoms with Gasteiger partial charge < -0.3 is 20.3 Å². The number of rotatable bonds is 3. The molecule has 0 aromatic carbocycles. The molecule has 1 atom stereocenters. The Hall–Kier alpha value is -1.42. The molecule has 1 unspecified atom stereocenters. The molecule has 1 amide bonds. The van der Waals surface area contributed by atoms with Gasteiger partial charge in [-0.3, -0.25) is 14.8 Å². The van der Waals surface area contributed by atoms with Crippen LogP contribution >= 0.6 is 24.0 Å². The lowest BCUT2D eigenvalue weighted by Crippen LogP contribution is -2.44. The molecule has 2 N–H and O–H groups in total. The maximum Gasteiger partial charge on any atom is 0.243 e. The van der Waals surface area contributed by atoms with Gasteiger partial charge in [0, 0.05) is 38.4 Å². The minimum absolute atomic E-state index is 0. The fourth-order valence-electron chi connectivity index (χ4n) is 3.22. The summed E-state index contributed by atoms with van der Waals surface area (Å²) in [6.45, 7) is 3.76. The van der Waals surface area contributed by atoms with Crippen LogP contribution in [0.3, 0.4) is 0 Å². The number of likely N-dealkylation sites (tertiary alicyclic amines) is 1. The molecule has 2 saturated heterocycles. The third kappa shape index (κ3) is 4.56. The van der Waals surface area contributed by atoms with Crippen LogP contribution < -0.4 is 10.6 Å². The van der Waals surface area contributed by atoms with Crippen molar-refractivity contribution in [1.29, 1.82) is 0 Å². The first kappa shape index (κ1) is 18.9. The summed E-state index contributed by atoms with van der Waals surface area (Å²) in [4.78, 5) is 22.5. The zero-order chi connectivity index (χ0) is 16.1. The van der Waals surface area contributed by atoms with Gasteiger partial charge >= 0.3 is 0 Å². The van der Waals surface area contributed by atoms with Gasteiger partial charge in [0.05, 0.1) is 25.0 Å². The number of halogens is 1. The lowest BCUT2D eigenvalue weighted by Gasteiger charge is -2.24. The minimum atomic E-state index is -0.114. The van der Waals surface area contributed by atoms with Crippen molar-refractivity contribution < 1.29 is 9.53 Å². The molecule has 0 radical (unpaired) electrons. The fourth-order valence-corrected chi connectivity index (χ4v) is 3.22. The first-order chi connectivity index (χ1) is 11.2. The number of nitrogens with zero attached hydrogens (tertiary/aromatic N) is 3. The average Bonchev–Trinajstić information content (AvgIpc) is 3.20. The van der Waals surface area contributed by atoms with Gasteiger partial charge in [-0.05, 0) is 25.0 Å². The molecule has 2 aliphatic heterocycles. The Morgan fingerprint density at radius 2 is 2.38 bits per heavy atom. The second-order valence-corrected chi connectivity index (χ2v) is 6.16. The van der Waals surface area contributed by atoms with Gasteiger partial charge in [-0.1, -0.05) is 0 Å². The van der Waals surface area contributed by atoms with E-state index in [1.54, 1.807) is 25.5 Å². The number of amides is 1. The summed E-state index contributed by atoms with van der Waals surface area (Å²) in [5.74, 6) is 0.660. The molecule has 3 rings (SSSR count). The number of carbonyl (C=O) groups is 1. The zero-order valence-electron chi connectivity index (χ0n) is 13.8. The van der Waals surface area contributed by atoms with Crippen molar-refractivity contribution in [2.24, 2.45) is 10.4 Å². The molecule has 3 heterocycles. The molecule has 0 saturated carbocycles. The summed E-state index contributed by atoms with van der Waals surface area (Å²) in [6, 6.07) is 3.60. The second kappa shape index (κ2) is 8.61. The van der Waals surface area contributed by atoms with Gasteiger partial charge in [-0.15, -0.1) is 24.0 Å². The van der Waals surface area contributed by atoms with Gasteiger partial charge in [-0.2, -0.15) is 0 Å². The number of aliphatic imine (C=N–C) groups is 1. The van der Waals surface area contributed by atoms with Crippen LogP contribution in [0.25, 0.3) is 0 Å². The SMILES string of the molecule is CN=C(NCC(=O)Nc1cccnc1)N1CCC2(CCOC2)C1.I. The van der Waals surface area contributed by atoms with E-state index in [-0.39, 0.29) is 41.8 Å². The van der Waals surface area contributed by atoms with Crippen LogP contribution in [0.4, 0.5) is 5.69 Å². The number of nitrogens with one attached hydrogen (secondary N) is 2. The normalized spacial score (nSPS) is 23.2. The van der Waals surface area contributed by atoms with E-state index in [0.29, 0.717) is 5.69 Å². The number of aromatic nitrogens is 1. The summed E-state index contributed by atoms with van der Waals surface area (Å²) < 4.78 is 5.55. The van der Waals surface area contributed by atoms with Gasteiger partial charge in [0.1, 0.15) is 0 Å². The van der Waals surface area contributed by atoms with Crippen LogP contribution in [0.15, 0.2) is 29.5 Å². The highest BCUT2D eigenvalue weighted by Crippen LogP contribution is 2.38. The van der Waals surface area contributed by atoms with Crippen molar-refractivity contribution in [2.45, 2.75) is 12.8 Å². The molecule has 1 aromatic rings. The van der Waals surface area contributed by atoms with Crippen LogP contribution in [0.5, 0.6) is 0 Å². The van der Waals surface area contributed by atoms with Gasteiger partial charge in [0.2, 0.25) is 5.91 Å². The molecule has 8 heteroatoms. The smallest absolute Gasteiger partial charge is 0.243 e. The number of hydrogen-bond acceptors (Lipinski definition) is 4. The lowest BCUT2D eigenvalue weighted by atomic mass is 9.87. The Morgan fingerprint density at radius 1 is 1.50 bits per heavy atom. The third-order valence-electron chi connectivity index (χ3n) is 4.49. The lowest BCUT2D eigenvalue weighted by molar-refractivity contribution is -0.115. The van der Waals surface area contributed by atoms with Crippen molar-refractivity contribution in [3.8, 4) is 0 Å². The standard InChI is InChI=1S/C16H23N5O2.HI/c1-17-15(21-7-4-16(11-21)5-8-23-12-16)19-10-14(22)20-13-3-2-6-18-9-13;/h2-3,6,9H,4-5,7-8,10-12H2,1H3,(H,17,19)(H,20,22);1H. The summed E-state index contributed by atoms with van der Waals surface area (Å²) >= 11 is 0. The zero-order valence-corrected chi connectivity index (χ0v) is 16.2. The van der Waals surface area contributed by atoms with Crippen LogP contribution in [0.2, 0.25) is 0 Å². The van der Waals surface area contributed by atoms with Crippen LogP contribution in [0, 0.1) is 5.41 Å². The fraction of sp³-hybridized carbons (Fsp3) is 0.562. The highest BCUT2D eigenvalue weighted by Gasteiger charge is 2.42. The highest BCUT2D eigenvalue weighted by molar-refractivity contribution is 14.0. The monoisotopic (exact) mass is 445 g/mol. The second-order valence-electron chi connectivity index (χ2n) is 6.16. The molecule has 7 nitrogen and oxygen atoms in total. The van der Waals surface area contributed by atoms with E-state index in [2.05, 4.69) is 25.5 Å². The molecule has 2 fully saturated rings. The summed E-state index contributed by atoms with van der Waals surface area (Å²) in [5, 5.41) is 5.94. The van der Waals surface area contributed by atoms with Crippen molar-refractivity contribution in [3.63, 3.8) is 0 Å². The van der Waals surface area contributed by atoms with Gasteiger partial charge in [-0.25, -0.2) is 0 Å². The van der Waals surface area contributed by atoms with Crippen molar-refractivity contribution in [3.05, 3.63) is 24.5 Å². The number of carbonyl (C=O) groups excluding carboxylic acids is 1. The Morgan fingerprint density at radius 3 is 3.04 bits per heavy atom. The maximum atomic E-state index is 12.0.